The summed E-state index contributed by atoms with van der Waals surface area (Å²) in [4.78, 5) is 28.3. The van der Waals surface area contributed by atoms with Crippen molar-refractivity contribution in [3.63, 3.8) is 0 Å². The van der Waals surface area contributed by atoms with Gasteiger partial charge in [-0.25, -0.2) is 9.78 Å². The third-order valence-electron chi connectivity index (χ3n) is 3.93. The lowest BCUT2D eigenvalue weighted by Gasteiger charge is -2.12. The summed E-state index contributed by atoms with van der Waals surface area (Å²) >= 11 is 4.57. The SMILES string of the molecule is CCNC(=O)NC(=O)C(C)Sc1nnc(CSc2nc3ccccc3s2)n1CC. The van der Waals surface area contributed by atoms with Crippen molar-refractivity contribution in [1.82, 2.24) is 30.4 Å². The fraction of sp³-hybridized carbons (Fsp3) is 0.389. The lowest BCUT2D eigenvalue weighted by Crippen LogP contribution is -2.42. The van der Waals surface area contributed by atoms with Gasteiger partial charge in [-0.3, -0.25) is 10.1 Å². The molecule has 2 aromatic heterocycles. The fourth-order valence-electron chi connectivity index (χ4n) is 2.50. The number of amides is 3. The van der Waals surface area contributed by atoms with E-state index in [1.807, 2.05) is 29.7 Å². The van der Waals surface area contributed by atoms with Gasteiger partial charge in [0.2, 0.25) is 5.91 Å². The standard InChI is InChI=1S/C18H22N6O2S3/c1-4-19-16(26)21-15(25)11(3)28-17-23-22-14(24(17)5-2)10-27-18-20-12-8-6-7-9-13(12)29-18/h6-9,11H,4-5,10H2,1-3H3,(H2,19,21,25,26). The molecular weight excluding hydrogens is 428 g/mol. The Morgan fingerprint density at radius 2 is 2.03 bits per heavy atom. The number of rotatable bonds is 8. The van der Waals surface area contributed by atoms with Crippen molar-refractivity contribution >= 4 is 57.0 Å². The van der Waals surface area contributed by atoms with Crippen LogP contribution in [0.4, 0.5) is 4.79 Å². The van der Waals surface area contributed by atoms with Crippen LogP contribution in [0, 0.1) is 0 Å². The maximum absolute atomic E-state index is 12.2. The van der Waals surface area contributed by atoms with Crippen LogP contribution in [0.3, 0.4) is 0 Å². The Balaban J connectivity index is 1.63. The summed E-state index contributed by atoms with van der Waals surface area (Å²) in [6.45, 7) is 6.69. The minimum absolute atomic E-state index is 0.364. The highest BCUT2D eigenvalue weighted by Crippen LogP contribution is 2.32. The number of imide groups is 1. The van der Waals surface area contributed by atoms with Crippen molar-refractivity contribution in [3.8, 4) is 0 Å². The predicted molar refractivity (Wildman–Crippen MR) is 117 cm³/mol. The number of benzene rings is 1. The van der Waals surface area contributed by atoms with Crippen LogP contribution in [0.25, 0.3) is 10.2 Å². The molecule has 1 aromatic carbocycles. The molecule has 29 heavy (non-hydrogen) atoms. The number of fused-ring (bicyclic) bond motifs is 1. The zero-order valence-corrected chi connectivity index (χ0v) is 18.8. The molecule has 3 aromatic rings. The van der Waals surface area contributed by atoms with Gasteiger partial charge in [0.05, 0.1) is 21.2 Å². The second kappa shape index (κ2) is 10.1. The Labute approximate surface area is 181 Å². The third kappa shape index (κ3) is 5.49. The molecule has 0 aliphatic rings. The quantitative estimate of drug-likeness (QED) is 0.506. The van der Waals surface area contributed by atoms with Crippen molar-refractivity contribution in [2.24, 2.45) is 0 Å². The van der Waals surface area contributed by atoms with Gasteiger partial charge in [0.1, 0.15) is 5.82 Å². The van der Waals surface area contributed by atoms with Crippen molar-refractivity contribution in [2.75, 3.05) is 6.54 Å². The summed E-state index contributed by atoms with van der Waals surface area (Å²) in [5.74, 6) is 1.10. The number of nitrogens with zero attached hydrogens (tertiary/aromatic N) is 4. The number of urea groups is 1. The number of hydrogen-bond donors (Lipinski definition) is 2. The minimum Gasteiger partial charge on any atom is -0.338 e. The number of para-hydroxylation sites is 1. The number of carbonyl (C=O) groups excluding carboxylic acids is 2. The summed E-state index contributed by atoms with van der Waals surface area (Å²) in [6.07, 6.45) is 0. The molecule has 8 nitrogen and oxygen atoms in total. The summed E-state index contributed by atoms with van der Waals surface area (Å²) < 4.78 is 4.14. The van der Waals surface area contributed by atoms with Crippen LogP contribution in [-0.4, -0.2) is 43.5 Å². The van der Waals surface area contributed by atoms with E-state index in [1.54, 1.807) is 36.9 Å². The van der Waals surface area contributed by atoms with E-state index in [9.17, 15) is 9.59 Å². The average Bonchev–Trinajstić information content (AvgIpc) is 3.29. The molecule has 3 rings (SSSR count). The summed E-state index contributed by atoms with van der Waals surface area (Å²) in [5, 5.41) is 13.6. The van der Waals surface area contributed by atoms with E-state index in [2.05, 4.69) is 31.9 Å². The molecule has 0 aliphatic carbocycles. The van der Waals surface area contributed by atoms with Gasteiger partial charge in [-0.2, -0.15) is 0 Å². The number of nitrogens with one attached hydrogen (secondary N) is 2. The van der Waals surface area contributed by atoms with Crippen LogP contribution in [0.15, 0.2) is 33.8 Å². The van der Waals surface area contributed by atoms with Crippen molar-refractivity contribution in [2.45, 2.75) is 47.8 Å². The highest BCUT2D eigenvalue weighted by molar-refractivity contribution is 8.00. The Morgan fingerprint density at radius 1 is 1.24 bits per heavy atom. The van der Waals surface area contributed by atoms with E-state index in [0.717, 1.165) is 20.4 Å². The molecule has 0 saturated heterocycles. The highest BCUT2D eigenvalue weighted by atomic mass is 32.2. The Bertz CT molecular complexity index is 970. The second-order valence-electron chi connectivity index (χ2n) is 5.99. The lowest BCUT2D eigenvalue weighted by molar-refractivity contribution is -0.119. The molecular formula is C18H22N6O2S3. The van der Waals surface area contributed by atoms with E-state index in [4.69, 9.17) is 0 Å². The van der Waals surface area contributed by atoms with Gasteiger partial charge in [-0.1, -0.05) is 35.7 Å². The monoisotopic (exact) mass is 450 g/mol. The first-order valence-electron chi connectivity index (χ1n) is 9.17. The second-order valence-corrected chi connectivity index (χ2v) is 9.55. The zero-order chi connectivity index (χ0) is 20.8. The van der Waals surface area contributed by atoms with Gasteiger partial charge in [-0.05, 0) is 32.9 Å². The number of hydrogen-bond acceptors (Lipinski definition) is 8. The van der Waals surface area contributed by atoms with Crippen molar-refractivity contribution in [1.29, 1.82) is 0 Å². The molecule has 154 valence electrons. The van der Waals surface area contributed by atoms with E-state index in [1.165, 1.54) is 11.8 Å². The van der Waals surface area contributed by atoms with Crippen LogP contribution in [0.1, 0.15) is 26.6 Å². The van der Waals surface area contributed by atoms with Crippen LogP contribution < -0.4 is 10.6 Å². The molecule has 0 radical (unpaired) electrons. The normalized spacial score (nSPS) is 12.1. The van der Waals surface area contributed by atoms with Crippen LogP contribution >= 0.6 is 34.9 Å². The molecule has 0 fully saturated rings. The van der Waals surface area contributed by atoms with Gasteiger partial charge >= 0.3 is 6.03 Å². The number of aromatic nitrogens is 4. The Kier molecular flexibility index (Phi) is 7.51. The summed E-state index contributed by atoms with van der Waals surface area (Å²) in [7, 11) is 0. The maximum Gasteiger partial charge on any atom is 0.321 e. The first-order chi connectivity index (χ1) is 14.0. The topological polar surface area (TPSA) is 102 Å². The van der Waals surface area contributed by atoms with Gasteiger partial charge in [0.15, 0.2) is 9.50 Å². The third-order valence-corrected chi connectivity index (χ3v) is 7.19. The van der Waals surface area contributed by atoms with E-state index >= 15 is 0 Å². The zero-order valence-electron chi connectivity index (χ0n) is 16.3. The maximum atomic E-state index is 12.2. The van der Waals surface area contributed by atoms with Gasteiger partial charge < -0.3 is 9.88 Å². The van der Waals surface area contributed by atoms with Gasteiger partial charge in [0.25, 0.3) is 0 Å². The van der Waals surface area contributed by atoms with Crippen molar-refractivity contribution < 1.29 is 9.59 Å². The molecule has 11 heteroatoms. The molecule has 2 heterocycles. The first-order valence-corrected chi connectivity index (χ1v) is 11.9. The Hall–Kier alpha value is -2.11. The molecule has 2 N–H and O–H groups in total. The summed E-state index contributed by atoms with van der Waals surface area (Å²) in [6, 6.07) is 7.57. The van der Waals surface area contributed by atoms with E-state index in [0.29, 0.717) is 24.0 Å². The molecule has 1 atom stereocenters. The molecule has 0 aliphatic heterocycles. The summed E-state index contributed by atoms with van der Waals surface area (Å²) in [5.41, 5.74) is 1.00. The molecule has 3 amide bonds. The first kappa shape index (κ1) is 21.6. The highest BCUT2D eigenvalue weighted by Gasteiger charge is 2.21. The van der Waals surface area contributed by atoms with Gasteiger partial charge in [0, 0.05) is 13.1 Å². The van der Waals surface area contributed by atoms with Crippen LogP contribution in [0.2, 0.25) is 0 Å². The number of thiazole rings is 1. The molecule has 0 spiro atoms. The molecule has 1 unspecified atom stereocenters. The van der Waals surface area contributed by atoms with E-state index < -0.39 is 11.3 Å². The predicted octanol–water partition coefficient (Wildman–Crippen LogP) is 3.53. The average molecular weight is 451 g/mol. The fourth-order valence-corrected chi connectivity index (χ4v) is 5.44. The van der Waals surface area contributed by atoms with Gasteiger partial charge in [-0.15, -0.1) is 21.5 Å². The van der Waals surface area contributed by atoms with Crippen molar-refractivity contribution in [3.05, 3.63) is 30.1 Å². The number of thioether (sulfide) groups is 2. The molecule has 0 bridgehead atoms. The van der Waals surface area contributed by atoms with E-state index in [-0.39, 0.29) is 5.91 Å². The Morgan fingerprint density at radius 3 is 2.76 bits per heavy atom. The lowest BCUT2D eigenvalue weighted by atomic mass is 10.3. The molecule has 0 saturated carbocycles. The van der Waals surface area contributed by atoms with Crippen LogP contribution in [-0.2, 0) is 17.1 Å². The van der Waals surface area contributed by atoms with Crippen LogP contribution in [0.5, 0.6) is 0 Å². The smallest absolute Gasteiger partial charge is 0.321 e. The largest absolute Gasteiger partial charge is 0.338 e. The minimum atomic E-state index is -0.491. The number of carbonyl (C=O) groups is 2.